The molecule has 1 saturated heterocycles. The van der Waals surface area contributed by atoms with Gasteiger partial charge in [0.05, 0.1) is 13.2 Å². The van der Waals surface area contributed by atoms with Gasteiger partial charge in [0.15, 0.2) is 6.10 Å². The number of amides is 1. The fourth-order valence-electron chi connectivity index (χ4n) is 2.46. The second-order valence-corrected chi connectivity index (χ2v) is 5.70. The van der Waals surface area contributed by atoms with Crippen molar-refractivity contribution in [3.05, 3.63) is 64.1 Å². The molecule has 0 spiro atoms. The van der Waals surface area contributed by atoms with E-state index in [-0.39, 0.29) is 12.1 Å². The lowest BCUT2D eigenvalue weighted by Gasteiger charge is -2.18. The van der Waals surface area contributed by atoms with E-state index in [1.54, 1.807) is 7.11 Å². The number of alkyl carbamates (subject to hydrolysis) is 1. The summed E-state index contributed by atoms with van der Waals surface area (Å²) in [6.07, 6.45) is -0.783. The maximum absolute atomic E-state index is 11.7. The minimum absolute atomic E-state index is 0.220. The van der Waals surface area contributed by atoms with Crippen LogP contribution < -0.4 is 10.1 Å². The van der Waals surface area contributed by atoms with Gasteiger partial charge in [-0.25, -0.2) is 4.79 Å². The lowest BCUT2D eigenvalue weighted by molar-refractivity contribution is 0.132. The summed E-state index contributed by atoms with van der Waals surface area (Å²) in [6, 6.07) is 15.2. The summed E-state index contributed by atoms with van der Waals surface area (Å²) in [5.74, 6) is 0.739. The van der Waals surface area contributed by atoms with Crippen molar-refractivity contribution in [1.29, 1.82) is 0 Å². The number of methoxy groups -OCH3 is 1. The van der Waals surface area contributed by atoms with Gasteiger partial charge in [0.25, 0.3) is 0 Å². The van der Waals surface area contributed by atoms with Crippen molar-refractivity contribution in [3.8, 4) is 5.75 Å². The highest BCUT2D eigenvalue weighted by atomic mass is 79.9. The Morgan fingerprint density at radius 1 is 1.14 bits per heavy atom. The SMILES string of the molecule is COc1cccc([C@H]2OC(=O)N[C@@H]2c2cccc(Br)c2)c1. The maximum atomic E-state index is 11.7. The molecule has 2 aromatic rings. The fourth-order valence-corrected chi connectivity index (χ4v) is 2.87. The van der Waals surface area contributed by atoms with E-state index in [0.717, 1.165) is 21.3 Å². The summed E-state index contributed by atoms with van der Waals surface area (Å²) < 4.78 is 11.6. The van der Waals surface area contributed by atoms with Crippen LogP contribution in [0.4, 0.5) is 4.79 Å². The molecule has 1 aliphatic heterocycles. The molecule has 5 heteroatoms. The molecule has 4 nitrogen and oxygen atoms in total. The summed E-state index contributed by atoms with van der Waals surface area (Å²) in [4.78, 5) is 11.7. The maximum Gasteiger partial charge on any atom is 0.408 e. The van der Waals surface area contributed by atoms with E-state index in [0.29, 0.717) is 0 Å². The monoisotopic (exact) mass is 347 g/mol. The zero-order valence-corrected chi connectivity index (χ0v) is 13.0. The Kier molecular flexibility index (Phi) is 3.84. The number of ether oxygens (including phenoxy) is 2. The predicted molar refractivity (Wildman–Crippen MR) is 82.2 cm³/mol. The molecule has 108 valence electrons. The Hall–Kier alpha value is -2.01. The van der Waals surface area contributed by atoms with E-state index in [1.165, 1.54) is 0 Å². The topological polar surface area (TPSA) is 47.6 Å². The van der Waals surface area contributed by atoms with E-state index in [1.807, 2.05) is 48.5 Å². The van der Waals surface area contributed by atoms with Crippen LogP contribution in [0.5, 0.6) is 5.75 Å². The normalized spacial score (nSPS) is 20.8. The molecular weight excluding hydrogens is 334 g/mol. The third-order valence-corrected chi connectivity index (χ3v) is 3.93. The lowest BCUT2D eigenvalue weighted by atomic mass is 9.96. The highest BCUT2D eigenvalue weighted by molar-refractivity contribution is 9.10. The fraction of sp³-hybridized carbons (Fsp3) is 0.188. The average molecular weight is 348 g/mol. The van der Waals surface area contributed by atoms with E-state index in [9.17, 15) is 4.79 Å². The Balaban J connectivity index is 1.97. The number of carbonyl (C=O) groups is 1. The van der Waals surface area contributed by atoms with Gasteiger partial charge in [-0.3, -0.25) is 0 Å². The first-order valence-electron chi connectivity index (χ1n) is 6.54. The minimum atomic E-state index is -0.409. The first kappa shape index (κ1) is 13.9. The quantitative estimate of drug-likeness (QED) is 0.913. The van der Waals surface area contributed by atoms with Crippen LogP contribution in [0.3, 0.4) is 0 Å². The van der Waals surface area contributed by atoms with Crippen LogP contribution in [-0.2, 0) is 4.74 Å². The van der Waals surface area contributed by atoms with Crippen molar-refractivity contribution in [2.24, 2.45) is 0 Å². The van der Waals surface area contributed by atoms with Gasteiger partial charge in [0.2, 0.25) is 0 Å². The van der Waals surface area contributed by atoms with Crippen molar-refractivity contribution < 1.29 is 14.3 Å². The molecule has 0 saturated carbocycles. The minimum Gasteiger partial charge on any atom is -0.497 e. The molecule has 1 aliphatic rings. The van der Waals surface area contributed by atoms with Gasteiger partial charge in [-0.05, 0) is 35.4 Å². The van der Waals surface area contributed by atoms with Crippen LogP contribution in [0.25, 0.3) is 0 Å². The zero-order valence-electron chi connectivity index (χ0n) is 11.4. The zero-order chi connectivity index (χ0) is 14.8. The number of nitrogens with one attached hydrogen (secondary N) is 1. The van der Waals surface area contributed by atoms with E-state index in [2.05, 4.69) is 21.2 Å². The number of hydrogen-bond acceptors (Lipinski definition) is 3. The summed E-state index contributed by atoms with van der Waals surface area (Å²) in [7, 11) is 1.61. The number of hydrogen-bond donors (Lipinski definition) is 1. The highest BCUT2D eigenvalue weighted by Gasteiger charge is 2.36. The first-order valence-corrected chi connectivity index (χ1v) is 7.33. The number of cyclic esters (lactones) is 1. The molecule has 0 bridgehead atoms. The number of benzene rings is 2. The number of halogens is 1. The largest absolute Gasteiger partial charge is 0.497 e. The summed E-state index contributed by atoms with van der Waals surface area (Å²) in [6.45, 7) is 0. The molecule has 3 rings (SSSR count). The Morgan fingerprint density at radius 3 is 2.67 bits per heavy atom. The summed E-state index contributed by atoms with van der Waals surface area (Å²) >= 11 is 3.45. The standard InChI is InChI=1S/C16H14BrNO3/c1-20-13-7-3-5-11(9-13)15-14(18-16(19)21-15)10-4-2-6-12(17)8-10/h2-9,14-15H,1H3,(H,18,19)/t14-,15-/m1/s1. The van der Waals surface area contributed by atoms with Gasteiger partial charge in [0.1, 0.15) is 5.75 Å². The molecule has 21 heavy (non-hydrogen) atoms. The van der Waals surface area contributed by atoms with Gasteiger partial charge in [-0.1, -0.05) is 40.2 Å². The van der Waals surface area contributed by atoms with E-state index >= 15 is 0 Å². The number of rotatable bonds is 3. The van der Waals surface area contributed by atoms with Crippen molar-refractivity contribution in [2.45, 2.75) is 12.1 Å². The van der Waals surface area contributed by atoms with Gasteiger partial charge in [0, 0.05) is 4.47 Å². The van der Waals surface area contributed by atoms with Crippen molar-refractivity contribution in [2.75, 3.05) is 7.11 Å². The molecule has 0 unspecified atom stereocenters. The molecule has 1 N–H and O–H groups in total. The second kappa shape index (κ2) is 5.77. The molecule has 1 amide bonds. The van der Waals surface area contributed by atoms with Gasteiger partial charge in [-0.2, -0.15) is 0 Å². The van der Waals surface area contributed by atoms with E-state index in [4.69, 9.17) is 9.47 Å². The van der Waals surface area contributed by atoms with Crippen molar-refractivity contribution >= 4 is 22.0 Å². The molecule has 2 aromatic carbocycles. The van der Waals surface area contributed by atoms with Crippen LogP contribution in [0.1, 0.15) is 23.3 Å². The summed E-state index contributed by atoms with van der Waals surface area (Å²) in [5.41, 5.74) is 1.89. The van der Waals surface area contributed by atoms with Crippen LogP contribution in [0.15, 0.2) is 53.0 Å². The Morgan fingerprint density at radius 2 is 1.90 bits per heavy atom. The predicted octanol–water partition coefficient (Wildman–Crippen LogP) is 3.98. The first-order chi connectivity index (χ1) is 10.2. The number of carbonyl (C=O) groups excluding carboxylic acids is 1. The van der Waals surface area contributed by atoms with Crippen molar-refractivity contribution in [1.82, 2.24) is 5.32 Å². The van der Waals surface area contributed by atoms with Crippen LogP contribution in [0.2, 0.25) is 0 Å². The molecule has 0 aromatic heterocycles. The smallest absolute Gasteiger partial charge is 0.408 e. The Labute approximate surface area is 131 Å². The molecule has 2 atom stereocenters. The van der Waals surface area contributed by atoms with Crippen molar-refractivity contribution in [3.63, 3.8) is 0 Å². The van der Waals surface area contributed by atoms with Crippen LogP contribution >= 0.6 is 15.9 Å². The highest BCUT2D eigenvalue weighted by Crippen LogP contribution is 2.38. The molecule has 0 radical (unpaired) electrons. The molecular formula is C16H14BrNO3. The Bertz CT molecular complexity index is 674. The van der Waals surface area contributed by atoms with Crippen LogP contribution in [-0.4, -0.2) is 13.2 Å². The summed E-state index contributed by atoms with van der Waals surface area (Å²) in [5, 5.41) is 2.86. The molecule has 1 heterocycles. The van der Waals surface area contributed by atoms with Gasteiger partial charge >= 0.3 is 6.09 Å². The van der Waals surface area contributed by atoms with Gasteiger partial charge < -0.3 is 14.8 Å². The lowest BCUT2D eigenvalue weighted by Crippen LogP contribution is -2.19. The van der Waals surface area contributed by atoms with E-state index < -0.39 is 6.09 Å². The molecule has 0 aliphatic carbocycles. The third kappa shape index (κ3) is 2.88. The average Bonchev–Trinajstić information content (AvgIpc) is 2.89. The van der Waals surface area contributed by atoms with Crippen LogP contribution in [0, 0.1) is 0 Å². The van der Waals surface area contributed by atoms with Gasteiger partial charge in [-0.15, -0.1) is 0 Å². The molecule has 1 fully saturated rings. The second-order valence-electron chi connectivity index (χ2n) is 4.78. The third-order valence-electron chi connectivity index (χ3n) is 3.44.